The number of carboxylic acids is 1. The zero-order chi connectivity index (χ0) is 30.5. The van der Waals surface area contributed by atoms with E-state index in [9.17, 15) is 19.5 Å². The van der Waals surface area contributed by atoms with Gasteiger partial charge in [-0.3, -0.25) is 19.4 Å². The highest BCUT2D eigenvalue weighted by Crippen LogP contribution is 2.75. The molecule has 4 saturated carbocycles. The second kappa shape index (κ2) is 9.25. The first kappa shape index (κ1) is 29.6. The van der Waals surface area contributed by atoms with Crippen molar-refractivity contribution < 1.29 is 19.5 Å². The third-order valence-electron chi connectivity index (χ3n) is 14.4. The fourth-order valence-corrected chi connectivity index (χ4v) is 11.4. The molecule has 0 saturated heterocycles. The lowest BCUT2D eigenvalue weighted by atomic mass is 9.33. The van der Waals surface area contributed by atoms with Crippen molar-refractivity contribution in [2.24, 2.45) is 50.2 Å². The monoisotopic (exact) mass is 574 g/mol. The molecule has 1 aromatic heterocycles. The Kier molecular flexibility index (Phi) is 6.51. The van der Waals surface area contributed by atoms with Gasteiger partial charge in [-0.05, 0) is 122 Å². The summed E-state index contributed by atoms with van der Waals surface area (Å²) in [5, 5.41) is 13.5. The number of hydrogen-bond acceptors (Lipinski definition) is 4. The molecule has 9 atom stereocenters. The minimum absolute atomic E-state index is 0.0272. The number of carbonyl (C=O) groups excluding carboxylic acids is 2. The lowest BCUT2D eigenvalue weighted by Crippen LogP contribution is -2.67. The van der Waals surface area contributed by atoms with Crippen LogP contribution in [-0.2, 0) is 9.59 Å². The topological polar surface area (TPSA) is 96.4 Å². The largest absolute Gasteiger partial charge is 0.481 e. The van der Waals surface area contributed by atoms with Gasteiger partial charge in [0.1, 0.15) is 0 Å². The Bertz CT molecular complexity index is 1350. The average molecular weight is 575 g/mol. The van der Waals surface area contributed by atoms with Crippen molar-refractivity contribution in [2.45, 2.75) is 112 Å². The third-order valence-corrected chi connectivity index (χ3v) is 14.4. The van der Waals surface area contributed by atoms with Crippen LogP contribution in [0.15, 0.2) is 36.2 Å². The van der Waals surface area contributed by atoms with Gasteiger partial charge in [0.2, 0.25) is 0 Å². The van der Waals surface area contributed by atoms with Crippen LogP contribution in [0.5, 0.6) is 0 Å². The van der Waals surface area contributed by atoms with Gasteiger partial charge in [-0.1, -0.05) is 47.1 Å². The molecule has 0 radical (unpaired) electrons. The maximum absolute atomic E-state index is 14.6. The summed E-state index contributed by atoms with van der Waals surface area (Å²) in [6.07, 6.45) is 13.5. The molecule has 4 fully saturated rings. The molecule has 5 aliphatic rings. The summed E-state index contributed by atoms with van der Waals surface area (Å²) in [7, 11) is 0. The number of allylic oxidation sites excluding steroid dienone is 2. The second-order valence-corrected chi connectivity index (χ2v) is 16.7. The molecule has 0 spiro atoms. The Balaban J connectivity index is 1.35. The fourth-order valence-electron chi connectivity index (χ4n) is 11.4. The van der Waals surface area contributed by atoms with Crippen LogP contribution in [0.1, 0.15) is 117 Å². The quantitative estimate of drug-likeness (QED) is 0.397. The molecule has 1 unspecified atom stereocenters. The van der Waals surface area contributed by atoms with Crippen molar-refractivity contribution in [1.82, 2.24) is 10.3 Å². The van der Waals surface area contributed by atoms with Crippen molar-refractivity contribution >= 4 is 17.7 Å². The standard InChI is InChI=1S/C36H50N2O4/c1-31(2)26-10-13-36(7)28(34(26,5)12-11-27(31)38-29(40)22-9-8-18-37-21-22)25(39)19-23-24-20-33(4,30(41)42)15-14-32(24,3)16-17-35(23,36)6/h8-9,18-19,21,24,26-28H,10-17,20H2,1-7H3,(H,38,40)(H,41,42)/t24-,26-,27?,28+,32+,33-,34-,35+,36+/m0/s1. The van der Waals surface area contributed by atoms with E-state index in [4.69, 9.17) is 0 Å². The summed E-state index contributed by atoms with van der Waals surface area (Å²) in [6.45, 7) is 16.0. The molecule has 1 amide bonds. The minimum Gasteiger partial charge on any atom is -0.481 e. The first-order valence-corrected chi connectivity index (χ1v) is 16.2. The van der Waals surface area contributed by atoms with E-state index in [1.807, 2.05) is 13.0 Å². The number of rotatable bonds is 3. The second-order valence-electron chi connectivity index (χ2n) is 16.7. The Morgan fingerprint density at radius 2 is 1.67 bits per heavy atom. The maximum Gasteiger partial charge on any atom is 0.309 e. The van der Waals surface area contributed by atoms with Gasteiger partial charge in [-0.25, -0.2) is 0 Å². The summed E-state index contributed by atoms with van der Waals surface area (Å²) >= 11 is 0. The number of carbonyl (C=O) groups is 3. The average Bonchev–Trinajstić information content (AvgIpc) is 2.92. The smallest absolute Gasteiger partial charge is 0.309 e. The van der Waals surface area contributed by atoms with Crippen LogP contribution in [0.4, 0.5) is 0 Å². The van der Waals surface area contributed by atoms with Crippen LogP contribution in [-0.4, -0.2) is 33.8 Å². The summed E-state index contributed by atoms with van der Waals surface area (Å²) in [4.78, 5) is 44.2. The molecule has 0 aromatic carbocycles. The van der Waals surface area contributed by atoms with E-state index in [1.165, 1.54) is 5.57 Å². The molecule has 2 N–H and O–H groups in total. The number of hydrogen-bond donors (Lipinski definition) is 2. The minimum atomic E-state index is -0.740. The first-order valence-electron chi connectivity index (χ1n) is 16.2. The van der Waals surface area contributed by atoms with Gasteiger partial charge in [-0.15, -0.1) is 0 Å². The zero-order valence-corrected chi connectivity index (χ0v) is 26.7. The van der Waals surface area contributed by atoms with E-state index in [1.54, 1.807) is 24.5 Å². The highest BCUT2D eigenvalue weighted by molar-refractivity contribution is 5.96. The molecule has 1 heterocycles. The number of amides is 1. The number of nitrogens with zero attached hydrogens (tertiary/aromatic N) is 1. The Morgan fingerprint density at radius 1 is 0.952 bits per heavy atom. The van der Waals surface area contributed by atoms with Crippen LogP contribution >= 0.6 is 0 Å². The van der Waals surface area contributed by atoms with Crippen LogP contribution in [0.25, 0.3) is 0 Å². The van der Waals surface area contributed by atoms with Crippen LogP contribution in [0.2, 0.25) is 0 Å². The number of ketones is 1. The number of fused-ring (bicyclic) bond motifs is 7. The van der Waals surface area contributed by atoms with Crippen LogP contribution < -0.4 is 5.32 Å². The predicted octanol–water partition coefficient (Wildman–Crippen LogP) is 7.25. The van der Waals surface area contributed by atoms with E-state index in [2.05, 4.69) is 51.8 Å². The molecule has 6 heteroatoms. The molecule has 0 aliphatic heterocycles. The third kappa shape index (κ3) is 3.88. The molecule has 6 rings (SSSR count). The van der Waals surface area contributed by atoms with E-state index >= 15 is 0 Å². The van der Waals surface area contributed by atoms with Gasteiger partial charge in [0.25, 0.3) is 5.91 Å². The molecule has 1 aromatic rings. The number of aliphatic carboxylic acids is 1. The Morgan fingerprint density at radius 3 is 2.33 bits per heavy atom. The predicted molar refractivity (Wildman–Crippen MR) is 163 cm³/mol. The molecular weight excluding hydrogens is 524 g/mol. The van der Waals surface area contributed by atoms with Crippen molar-refractivity contribution in [3.8, 4) is 0 Å². The van der Waals surface area contributed by atoms with Gasteiger partial charge in [-0.2, -0.15) is 0 Å². The summed E-state index contributed by atoms with van der Waals surface area (Å²) in [6, 6.07) is 3.62. The highest BCUT2D eigenvalue weighted by atomic mass is 16.4. The number of carboxylic acid groups (broad SMARTS) is 1. The number of aromatic nitrogens is 1. The van der Waals surface area contributed by atoms with E-state index in [-0.39, 0.29) is 56.6 Å². The summed E-state index contributed by atoms with van der Waals surface area (Å²) < 4.78 is 0. The van der Waals surface area contributed by atoms with Crippen LogP contribution in [0.3, 0.4) is 0 Å². The van der Waals surface area contributed by atoms with Crippen molar-refractivity contribution in [2.75, 3.05) is 0 Å². The van der Waals surface area contributed by atoms with Gasteiger partial charge in [0, 0.05) is 24.4 Å². The zero-order valence-electron chi connectivity index (χ0n) is 26.7. The summed E-state index contributed by atoms with van der Waals surface area (Å²) in [5.41, 5.74) is 0.498. The van der Waals surface area contributed by atoms with Gasteiger partial charge < -0.3 is 10.4 Å². The van der Waals surface area contributed by atoms with E-state index < -0.39 is 11.4 Å². The summed E-state index contributed by atoms with van der Waals surface area (Å²) in [5.74, 6) is -0.162. The van der Waals surface area contributed by atoms with Gasteiger partial charge in [0.15, 0.2) is 5.78 Å². The van der Waals surface area contributed by atoms with Crippen LogP contribution in [0, 0.1) is 50.2 Å². The molecule has 228 valence electrons. The molecule has 42 heavy (non-hydrogen) atoms. The Labute approximate surface area is 251 Å². The SMILES string of the molecule is CC1(C)C(NC(=O)c2cccnc2)CC[C@]2(C)[C@H]3C(=O)C=C4[C@@H]5C[C@@](C)(C(=O)O)CC[C@]5(C)CC[C@@]4(C)[C@]3(C)CC[C@@H]12. The molecule has 0 bridgehead atoms. The number of pyridine rings is 1. The molecule has 5 aliphatic carbocycles. The highest BCUT2D eigenvalue weighted by Gasteiger charge is 2.70. The lowest BCUT2D eigenvalue weighted by Gasteiger charge is -2.70. The Hall–Kier alpha value is -2.50. The van der Waals surface area contributed by atoms with E-state index in [0.29, 0.717) is 24.3 Å². The molecular formula is C36H50N2O4. The van der Waals surface area contributed by atoms with Crippen molar-refractivity contribution in [3.63, 3.8) is 0 Å². The lowest BCUT2D eigenvalue weighted by molar-refractivity contribution is -0.189. The van der Waals surface area contributed by atoms with Gasteiger partial charge in [0.05, 0.1) is 11.0 Å². The van der Waals surface area contributed by atoms with Crippen molar-refractivity contribution in [3.05, 3.63) is 41.7 Å². The first-order chi connectivity index (χ1) is 19.5. The van der Waals surface area contributed by atoms with Gasteiger partial charge >= 0.3 is 5.97 Å². The molecule has 6 nitrogen and oxygen atoms in total. The fraction of sp³-hybridized carbons (Fsp3) is 0.722. The maximum atomic E-state index is 14.6. The van der Waals surface area contributed by atoms with Crippen molar-refractivity contribution in [1.29, 1.82) is 0 Å². The number of nitrogens with one attached hydrogen (secondary N) is 1. The van der Waals surface area contributed by atoms with E-state index in [0.717, 1.165) is 44.9 Å². The normalized spacial score (nSPS) is 45.8.